The number of rotatable bonds is 3. The van der Waals surface area contributed by atoms with Crippen molar-refractivity contribution in [2.24, 2.45) is 0 Å². The highest BCUT2D eigenvalue weighted by Crippen LogP contribution is 2.26. The van der Waals surface area contributed by atoms with Gasteiger partial charge in [-0.3, -0.25) is 0 Å². The Kier molecular flexibility index (Phi) is 3.69. The molecule has 0 amide bonds. The molecule has 0 fully saturated rings. The van der Waals surface area contributed by atoms with Crippen molar-refractivity contribution in [3.05, 3.63) is 16.0 Å². The number of aliphatic hydroxyl groups is 1. The normalized spacial score (nSPS) is 11.5. The minimum Gasteiger partial charge on any atom is -0.389 e. The molecule has 2 N–H and O–H groups in total. The zero-order chi connectivity index (χ0) is 10.8. The molecule has 1 rings (SSSR count). The van der Waals surface area contributed by atoms with Gasteiger partial charge in [-0.25, -0.2) is 9.97 Å². The van der Waals surface area contributed by atoms with Crippen LogP contribution >= 0.6 is 27.5 Å². The Balaban J connectivity index is 2.73. The Morgan fingerprint density at radius 2 is 2.21 bits per heavy atom. The van der Waals surface area contributed by atoms with Crippen LogP contribution in [0.1, 0.15) is 13.8 Å². The van der Waals surface area contributed by atoms with Crippen LogP contribution in [0.5, 0.6) is 0 Å². The van der Waals surface area contributed by atoms with Crippen LogP contribution in [-0.2, 0) is 0 Å². The van der Waals surface area contributed by atoms with E-state index in [0.717, 1.165) is 0 Å². The van der Waals surface area contributed by atoms with Gasteiger partial charge in [0.25, 0.3) is 0 Å². The molecule has 4 nitrogen and oxygen atoms in total. The molecule has 0 atom stereocenters. The van der Waals surface area contributed by atoms with E-state index in [0.29, 0.717) is 22.0 Å². The van der Waals surface area contributed by atoms with Crippen molar-refractivity contribution in [1.29, 1.82) is 0 Å². The molecule has 0 aliphatic rings. The highest BCUT2D eigenvalue weighted by atomic mass is 79.9. The van der Waals surface area contributed by atoms with E-state index >= 15 is 0 Å². The highest BCUT2D eigenvalue weighted by molar-refractivity contribution is 9.10. The molecular formula is C8H11BrClN3O. The fraction of sp³-hybridized carbons (Fsp3) is 0.500. The van der Waals surface area contributed by atoms with Crippen LogP contribution in [0.25, 0.3) is 0 Å². The molecule has 0 saturated heterocycles. The second-order valence-corrected chi connectivity index (χ2v) is 4.64. The van der Waals surface area contributed by atoms with Gasteiger partial charge in [0.2, 0.25) is 0 Å². The summed E-state index contributed by atoms with van der Waals surface area (Å²) in [6, 6.07) is 0. The summed E-state index contributed by atoms with van der Waals surface area (Å²) in [5.74, 6) is 0.576. The third-order valence-electron chi connectivity index (χ3n) is 1.44. The van der Waals surface area contributed by atoms with E-state index in [1.807, 2.05) is 0 Å². The third kappa shape index (κ3) is 3.40. The monoisotopic (exact) mass is 279 g/mol. The van der Waals surface area contributed by atoms with Gasteiger partial charge >= 0.3 is 0 Å². The van der Waals surface area contributed by atoms with Crippen LogP contribution < -0.4 is 5.32 Å². The fourth-order valence-corrected chi connectivity index (χ4v) is 1.25. The molecule has 0 spiro atoms. The van der Waals surface area contributed by atoms with E-state index in [2.05, 4.69) is 31.2 Å². The van der Waals surface area contributed by atoms with Gasteiger partial charge in [-0.1, -0.05) is 11.6 Å². The van der Waals surface area contributed by atoms with Gasteiger partial charge in [0.1, 0.15) is 17.3 Å². The maximum atomic E-state index is 9.48. The highest BCUT2D eigenvalue weighted by Gasteiger charge is 2.14. The Hall–Kier alpha value is -0.390. The van der Waals surface area contributed by atoms with E-state index in [1.165, 1.54) is 6.33 Å². The first-order valence-corrected chi connectivity index (χ1v) is 5.19. The Morgan fingerprint density at radius 3 is 2.79 bits per heavy atom. The summed E-state index contributed by atoms with van der Waals surface area (Å²) >= 11 is 9.01. The van der Waals surface area contributed by atoms with Crippen LogP contribution in [-0.4, -0.2) is 27.2 Å². The van der Waals surface area contributed by atoms with Crippen LogP contribution in [0.2, 0.25) is 5.15 Å². The standard InChI is InChI=1S/C8H11BrClN3O/c1-8(2,14)3-11-7-5(9)6(10)12-4-13-7/h4,14H,3H2,1-2H3,(H,11,12,13). The molecule has 1 aromatic rings. The van der Waals surface area contributed by atoms with Crippen LogP contribution in [0, 0.1) is 0 Å². The summed E-state index contributed by atoms with van der Waals surface area (Å²) in [6.07, 6.45) is 1.36. The predicted octanol–water partition coefficient (Wildman–Crippen LogP) is 2.08. The van der Waals surface area contributed by atoms with Gasteiger partial charge in [-0.15, -0.1) is 0 Å². The predicted molar refractivity (Wildman–Crippen MR) is 59.5 cm³/mol. The molecule has 0 aromatic carbocycles. The first-order chi connectivity index (χ1) is 6.40. The molecule has 0 saturated carbocycles. The van der Waals surface area contributed by atoms with E-state index < -0.39 is 5.60 Å². The molecule has 14 heavy (non-hydrogen) atoms. The van der Waals surface area contributed by atoms with Gasteiger partial charge in [0.05, 0.1) is 10.1 Å². The number of halogens is 2. The van der Waals surface area contributed by atoms with Crippen molar-refractivity contribution in [3.63, 3.8) is 0 Å². The minimum absolute atomic E-state index is 0.346. The molecule has 1 aromatic heterocycles. The number of hydrogen-bond acceptors (Lipinski definition) is 4. The largest absolute Gasteiger partial charge is 0.389 e. The van der Waals surface area contributed by atoms with Crippen molar-refractivity contribution in [2.75, 3.05) is 11.9 Å². The van der Waals surface area contributed by atoms with Gasteiger partial charge < -0.3 is 10.4 Å². The van der Waals surface area contributed by atoms with Crippen molar-refractivity contribution in [2.45, 2.75) is 19.4 Å². The maximum Gasteiger partial charge on any atom is 0.148 e. The van der Waals surface area contributed by atoms with E-state index in [9.17, 15) is 5.11 Å². The van der Waals surface area contributed by atoms with Crippen molar-refractivity contribution in [3.8, 4) is 0 Å². The number of nitrogens with one attached hydrogen (secondary N) is 1. The average molecular weight is 281 g/mol. The maximum absolute atomic E-state index is 9.48. The lowest BCUT2D eigenvalue weighted by Gasteiger charge is -2.18. The van der Waals surface area contributed by atoms with Gasteiger partial charge in [-0.2, -0.15) is 0 Å². The minimum atomic E-state index is -0.795. The molecule has 0 aliphatic heterocycles. The Labute approximate surface area is 95.8 Å². The number of hydrogen-bond donors (Lipinski definition) is 2. The Bertz CT molecular complexity index is 327. The number of anilines is 1. The molecule has 78 valence electrons. The quantitative estimate of drug-likeness (QED) is 0.832. The first-order valence-electron chi connectivity index (χ1n) is 4.02. The van der Waals surface area contributed by atoms with Crippen molar-refractivity contribution >= 4 is 33.3 Å². The van der Waals surface area contributed by atoms with E-state index in [4.69, 9.17) is 11.6 Å². The summed E-state index contributed by atoms with van der Waals surface area (Å²) in [7, 11) is 0. The lowest BCUT2D eigenvalue weighted by molar-refractivity contribution is 0.0944. The van der Waals surface area contributed by atoms with Crippen LogP contribution in [0.3, 0.4) is 0 Å². The lowest BCUT2D eigenvalue weighted by atomic mass is 10.1. The van der Waals surface area contributed by atoms with Crippen molar-refractivity contribution < 1.29 is 5.11 Å². The second kappa shape index (κ2) is 4.42. The molecule has 1 heterocycles. The SMILES string of the molecule is CC(C)(O)CNc1ncnc(Cl)c1Br. The lowest BCUT2D eigenvalue weighted by Crippen LogP contribution is -2.29. The summed E-state index contributed by atoms with van der Waals surface area (Å²) < 4.78 is 0.603. The zero-order valence-corrected chi connectivity index (χ0v) is 10.2. The van der Waals surface area contributed by atoms with Crippen LogP contribution in [0.15, 0.2) is 10.8 Å². The zero-order valence-electron chi connectivity index (χ0n) is 7.88. The topological polar surface area (TPSA) is 58.0 Å². The summed E-state index contributed by atoms with van der Waals surface area (Å²) in [5, 5.41) is 12.8. The summed E-state index contributed by atoms with van der Waals surface area (Å²) in [6.45, 7) is 3.80. The number of nitrogens with zero attached hydrogens (tertiary/aromatic N) is 2. The molecule has 6 heteroatoms. The van der Waals surface area contributed by atoms with E-state index in [-0.39, 0.29) is 0 Å². The van der Waals surface area contributed by atoms with Crippen LogP contribution in [0.4, 0.5) is 5.82 Å². The smallest absolute Gasteiger partial charge is 0.148 e. The summed E-state index contributed by atoms with van der Waals surface area (Å²) in [5.41, 5.74) is -0.795. The van der Waals surface area contributed by atoms with Gasteiger partial charge in [0.15, 0.2) is 0 Å². The van der Waals surface area contributed by atoms with Gasteiger partial charge in [-0.05, 0) is 29.8 Å². The molecule has 0 radical (unpaired) electrons. The van der Waals surface area contributed by atoms with Crippen molar-refractivity contribution in [1.82, 2.24) is 9.97 Å². The molecular weight excluding hydrogens is 269 g/mol. The molecule has 0 unspecified atom stereocenters. The molecule has 0 aliphatic carbocycles. The second-order valence-electron chi connectivity index (χ2n) is 3.49. The fourth-order valence-electron chi connectivity index (χ4n) is 0.772. The average Bonchev–Trinajstić information content (AvgIpc) is 2.06. The van der Waals surface area contributed by atoms with E-state index in [1.54, 1.807) is 13.8 Å². The Morgan fingerprint density at radius 1 is 1.57 bits per heavy atom. The molecule has 0 bridgehead atoms. The van der Waals surface area contributed by atoms with Gasteiger partial charge in [0, 0.05) is 6.54 Å². The third-order valence-corrected chi connectivity index (χ3v) is 2.70. The first kappa shape index (κ1) is 11.7. The number of aromatic nitrogens is 2. The summed E-state index contributed by atoms with van der Waals surface area (Å²) in [4.78, 5) is 7.77.